The van der Waals surface area contributed by atoms with E-state index in [1.165, 1.54) is 0 Å². The summed E-state index contributed by atoms with van der Waals surface area (Å²) in [5, 5.41) is 2.80. The number of nitrogens with one attached hydrogen (secondary N) is 1. The molecule has 4 rings (SSSR count). The van der Waals surface area contributed by atoms with Gasteiger partial charge in [-0.25, -0.2) is 0 Å². The number of para-hydroxylation sites is 1. The fourth-order valence-electron chi connectivity index (χ4n) is 2.82. The molecule has 0 atom stereocenters. The Morgan fingerprint density at radius 1 is 0.828 bits per heavy atom. The zero-order chi connectivity index (χ0) is 19.9. The predicted molar refractivity (Wildman–Crippen MR) is 109 cm³/mol. The number of rotatable bonds is 6. The lowest BCUT2D eigenvalue weighted by Gasteiger charge is -2.11. The Kier molecular flexibility index (Phi) is 5.81. The Labute approximate surface area is 169 Å². The number of hydrogen-bond donors (Lipinski definition) is 1. The van der Waals surface area contributed by atoms with Crippen LogP contribution in [0, 0.1) is 0 Å². The third-order valence-electron chi connectivity index (χ3n) is 4.20. The maximum absolute atomic E-state index is 12.2. The lowest BCUT2D eigenvalue weighted by atomic mass is 10.2. The quantitative estimate of drug-likeness (QED) is 0.662. The van der Waals surface area contributed by atoms with Crippen molar-refractivity contribution >= 4 is 11.6 Å². The summed E-state index contributed by atoms with van der Waals surface area (Å²) in [6.07, 6.45) is 0.833. The number of carbonyl (C=O) groups is 1. The van der Waals surface area contributed by atoms with Gasteiger partial charge < -0.3 is 24.3 Å². The molecular formula is C23H21NO5. The van der Waals surface area contributed by atoms with E-state index >= 15 is 0 Å². The molecule has 0 spiro atoms. The number of carbonyl (C=O) groups excluding carboxylic acids is 1. The van der Waals surface area contributed by atoms with E-state index in [9.17, 15) is 4.79 Å². The summed E-state index contributed by atoms with van der Waals surface area (Å²) >= 11 is 0. The van der Waals surface area contributed by atoms with E-state index in [0.717, 1.165) is 12.2 Å². The van der Waals surface area contributed by atoms with Crippen LogP contribution < -0.4 is 24.3 Å². The third kappa shape index (κ3) is 5.19. The van der Waals surface area contributed by atoms with Crippen LogP contribution in [0.2, 0.25) is 0 Å². The molecule has 6 heteroatoms. The lowest BCUT2D eigenvalue weighted by molar-refractivity contribution is -0.118. The van der Waals surface area contributed by atoms with Gasteiger partial charge in [0, 0.05) is 18.2 Å². The van der Waals surface area contributed by atoms with Gasteiger partial charge in [-0.2, -0.15) is 0 Å². The summed E-state index contributed by atoms with van der Waals surface area (Å²) in [5.41, 5.74) is 0.634. The Hall–Kier alpha value is -3.67. The largest absolute Gasteiger partial charge is 0.490 e. The van der Waals surface area contributed by atoms with Gasteiger partial charge in [0.05, 0.1) is 13.2 Å². The number of hydrogen-bond acceptors (Lipinski definition) is 5. The van der Waals surface area contributed by atoms with Crippen molar-refractivity contribution in [1.29, 1.82) is 0 Å². The highest BCUT2D eigenvalue weighted by Gasteiger charge is 2.12. The molecule has 0 aromatic heterocycles. The first-order chi connectivity index (χ1) is 14.3. The van der Waals surface area contributed by atoms with Gasteiger partial charge in [-0.05, 0) is 48.5 Å². The number of anilines is 1. The third-order valence-corrected chi connectivity index (χ3v) is 4.20. The van der Waals surface area contributed by atoms with Crippen molar-refractivity contribution in [3.05, 3.63) is 72.8 Å². The van der Waals surface area contributed by atoms with Crippen molar-refractivity contribution in [1.82, 2.24) is 0 Å². The molecule has 29 heavy (non-hydrogen) atoms. The van der Waals surface area contributed by atoms with Crippen molar-refractivity contribution in [2.75, 3.05) is 25.1 Å². The maximum Gasteiger partial charge on any atom is 0.262 e. The van der Waals surface area contributed by atoms with Crippen LogP contribution in [0.5, 0.6) is 28.7 Å². The van der Waals surface area contributed by atoms with E-state index in [4.69, 9.17) is 18.9 Å². The maximum atomic E-state index is 12.2. The first-order valence-corrected chi connectivity index (χ1v) is 9.41. The zero-order valence-electron chi connectivity index (χ0n) is 15.8. The fraction of sp³-hybridized carbons (Fsp3) is 0.174. The summed E-state index contributed by atoms with van der Waals surface area (Å²) in [6, 6.07) is 22.0. The van der Waals surface area contributed by atoms with E-state index in [-0.39, 0.29) is 12.5 Å². The van der Waals surface area contributed by atoms with Crippen LogP contribution in [0.15, 0.2) is 72.8 Å². The molecule has 0 aliphatic carbocycles. The van der Waals surface area contributed by atoms with E-state index in [0.29, 0.717) is 41.9 Å². The molecule has 1 amide bonds. The highest BCUT2D eigenvalue weighted by molar-refractivity contribution is 5.92. The molecule has 3 aromatic rings. The lowest BCUT2D eigenvalue weighted by Crippen LogP contribution is -2.20. The number of fused-ring (bicyclic) bond motifs is 1. The van der Waals surface area contributed by atoms with E-state index in [2.05, 4.69) is 5.32 Å². The summed E-state index contributed by atoms with van der Waals surface area (Å²) in [6.45, 7) is 1.12. The van der Waals surface area contributed by atoms with Crippen molar-refractivity contribution in [3.63, 3.8) is 0 Å². The van der Waals surface area contributed by atoms with Crippen molar-refractivity contribution in [2.24, 2.45) is 0 Å². The minimum atomic E-state index is -0.260. The van der Waals surface area contributed by atoms with Gasteiger partial charge in [0.25, 0.3) is 5.91 Å². The number of ether oxygens (including phenoxy) is 4. The van der Waals surface area contributed by atoms with Gasteiger partial charge in [0.1, 0.15) is 17.2 Å². The van der Waals surface area contributed by atoms with Crippen LogP contribution in [0.3, 0.4) is 0 Å². The van der Waals surface area contributed by atoms with Crippen molar-refractivity contribution < 1.29 is 23.7 Å². The van der Waals surface area contributed by atoms with Gasteiger partial charge in [-0.1, -0.05) is 18.2 Å². The standard InChI is InChI=1S/C23H21NO5/c25-23(24-17-7-12-21-22(15-17)27-14-4-13-26-21)16-28-18-8-10-20(11-9-18)29-19-5-2-1-3-6-19/h1-3,5-12,15H,4,13-14,16H2,(H,24,25). The zero-order valence-corrected chi connectivity index (χ0v) is 15.8. The van der Waals surface area contributed by atoms with Crippen LogP contribution in [0.1, 0.15) is 6.42 Å². The highest BCUT2D eigenvalue weighted by atomic mass is 16.5. The molecule has 6 nitrogen and oxygen atoms in total. The second kappa shape index (κ2) is 9.01. The normalized spacial score (nSPS) is 12.6. The highest BCUT2D eigenvalue weighted by Crippen LogP contribution is 2.32. The average molecular weight is 391 g/mol. The van der Waals surface area contributed by atoms with Gasteiger partial charge in [-0.15, -0.1) is 0 Å². The Morgan fingerprint density at radius 3 is 2.31 bits per heavy atom. The van der Waals surface area contributed by atoms with Crippen LogP contribution >= 0.6 is 0 Å². The Morgan fingerprint density at radius 2 is 1.52 bits per heavy atom. The fourth-order valence-corrected chi connectivity index (χ4v) is 2.82. The molecule has 0 radical (unpaired) electrons. The van der Waals surface area contributed by atoms with Crippen LogP contribution in [-0.2, 0) is 4.79 Å². The summed E-state index contributed by atoms with van der Waals surface area (Å²) in [7, 11) is 0. The van der Waals surface area contributed by atoms with E-state index < -0.39 is 0 Å². The van der Waals surface area contributed by atoms with E-state index in [1.54, 1.807) is 42.5 Å². The smallest absolute Gasteiger partial charge is 0.262 e. The summed E-state index contributed by atoms with van der Waals surface area (Å²) in [5.74, 6) is 3.10. The molecule has 0 saturated heterocycles. The first-order valence-electron chi connectivity index (χ1n) is 9.41. The number of benzene rings is 3. The van der Waals surface area contributed by atoms with Crippen molar-refractivity contribution in [2.45, 2.75) is 6.42 Å². The van der Waals surface area contributed by atoms with Crippen LogP contribution in [-0.4, -0.2) is 25.7 Å². The summed E-state index contributed by atoms with van der Waals surface area (Å²) < 4.78 is 22.5. The molecule has 0 unspecified atom stereocenters. The van der Waals surface area contributed by atoms with Gasteiger partial charge in [-0.3, -0.25) is 4.79 Å². The molecular weight excluding hydrogens is 370 g/mol. The molecule has 1 N–H and O–H groups in total. The Balaban J connectivity index is 1.29. The molecule has 0 saturated carbocycles. The van der Waals surface area contributed by atoms with Crippen LogP contribution in [0.4, 0.5) is 5.69 Å². The predicted octanol–water partition coefficient (Wildman–Crippen LogP) is 4.66. The Bertz CT molecular complexity index is 957. The minimum absolute atomic E-state index is 0.104. The molecule has 148 valence electrons. The molecule has 3 aromatic carbocycles. The topological polar surface area (TPSA) is 66.0 Å². The van der Waals surface area contributed by atoms with Crippen molar-refractivity contribution in [3.8, 4) is 28.7 Å². The number of amides is 1. The SMILES string of the molecule is O=C(COc1ccc(Oc2ccccc2)cc1)Nc1ccc2c(c1)OCCCO2. The first kappa shape index (κ1) is 18.7. The minimum Gasteiger partial charge on any atom is -0.490 e. The average Bonchev–Trinajstić information content (AvgIpc) is 2.99. The van der Waals surface area contributed by atoms with Gasteiger partial charge >= 0.3 is 0 Å². The van der Waals surface area contributed by atoms with Gasteiger partial charge in [0.15, 0.2) is 18.1 Å². The molecule has 0 fully saturated rings. The second-order valence-electron chi connectivity index (χ2n) is 6.44. The molecule has 0 bridgehead atoms. The van der Waals surface area contributed by atoms with Crippen LogP contribution in [0.25, 0.3) is 0 Å². The monoisotopic (exact) mass is 391 g/mol. The van der Waals surface area contributed by atoms with Gasteiger partial charge in [0.2, 0.25) is 0 Å². The molecule has 1 aliphatic rings. The summed E-state index contributed by atoms with van der Waals surface area (Å²) in [4.78, 5) is 12.2. The molecule has 1 heterocycles. The second-order valence-corrected chi connectivity index (χ2v) is 6.44. The van der Waals surface area contributed by atoms with E-state index in [1.807, 2.05) is 30.3 Å². The molecule has 1 aliphatic heterocycles.